The van der Waals surface area contributed by atoms with Gasteiger partial charge in [-0.25, -0.2) is 9.59 Å². The molecule has 0 amide bonds. The minimum atomic E-state index is -1.89. The first kappa shape index (κ1) is 25.2. The highest BCUT2D eigenvalue weighted by Crippen LogP contribution is 2.32. The second kappa shape index (κ2) is 9.84. The summed E-state index contributed by atoms with van der Waals surface area (Å²) in [5.74, 6) is -2.70. The molecule has 184 valence electrons. The number of carbonyl (C=O) groups excluding carboxylic acids is 2. The largest absolute Gasteiger partial charge is 0.478 e. The highest BCUT2D eigenvalue weighted by Gasteiger charge is 2.49. The number of nitrogens with two attached hydrogens (primary N) is 1. The summed E-state index contributed by atoms with van der Waals surface area (Å²) in [4.78, 5) is 42.0. The van der Waals surface area contributed by atoms with Crippen LogP contribution in [0.4, 0.5) is 5.69 Å². The molecule has 0 radical (unpaired) electrons. The maximum atomic E-state index is 12.5. The smallest absolute Gasteiger partial charge is 0.351 e. The number of hydrogen-bond donors (Lipinski definition) is 4. The summed E-state index contributed by atoms with van der Waals surface area (Å²) in [5, 5.41) is 23.5. The highest BCUT2D eigenvalue weighted by molar-refractivity contribution is 6.05. The third-order valence-electron chi connectivity index (χ3n) is 4.80. The molecule has 1 aliphatic heterocycles. The van der Waals surface area contributed by atoms with Crippen molar-refractivity contribution in [2.75, 3.05) is 5.32 Å². The third-order valence-corrected chi connectivity index (χ3v) is 4.80. The lowest BCUT2D eigenvalue weighted by atomic mass is 9.91. The second-order valence-corrected chi connectivity index (χ2v) is 8.90. The molecule has 0 fully saturated rings. The molecule has 0 aliphatic carbocycles. The topological polar surface area (TPSA) is 173 Å². The molecular formula is C24H26N4O7. The number of carboxylic acid groups (broad SMARTS) is 1. The molecule has 1 atom stereocenters. The van der Waals surface area contributed by atoms with E-state index < -0.39 is 35.5 Å². The van der Waals surface area contributed by atoms with E-state index in [1.807, 2.05) is 0 Å². The van der Waals surface area contributed by atoms with E-state index in [4.69, 9.17) is 25.5 Å². The van der Waals surface area contributed by atoms with Gasteiger partial charge in [0.25, 0.3) is 0 Å². The lowest BCUT2D eigenvalue weighted by molar-refractivity contribution is -0.175. The summed E-state index contributed by atoms with van der Waals surface area (Å²) < 4.78 is 10.7. The van der Waals surface area contributed by atoms with Crippen LogP contribution in [0, 0.1) is 5.41 Å². The minimum Gasteiger partial charge on any atom is -0.478 e. The van der Waals surface area contributed by atoms with Gasteiger partial charge in [-0.15, -0.1) is 0 Å². The van der Waals surface area contributed by atoms with Gasteiger partial charge in [-0.2, -0.15) is 0 Å². The van der Waals surface area contributed by atoms with E-state index in [1.165, 1.54) is 18.2 Å². The predicted octanol–water partition coefficient (Wildman–Crippen LogP) is 2.89. The summed E-state index contributed by atoms with van der Waals surface area (Å²) >= 11 is 0. The molecule has 5 N–H and O–H groups in total. The molecule has 11 nitrogen and oxygen atoms in total. The Hall–Kier alpha value is -4.41. The van der Waals surface area contributed by atoms with Gasteiger partial charge in [-0.1, -0.05) is 17.3 Å². The number of hydrogen-bond acceptors (Lipinski definition) is 8. The monoisotopic (exact) mass is 482 g/mol. The molecule has 0 spiro atoms. The number of ether oxygens (including phenoxy) is 2. The number of carboxylic acids is 1. The van der Waals surface area contributed by atoms with Crippen molar-refractivity contribution in [1.82, 2.24) is 0 Å². The number of guanidine groups is 1. The van der Waals surface area contributed by atoms with Crippen LogP contribution in [0.3, 0.4) is 0 Å². The molecule has 0 unspecified atom stereocenters. The average molecular weight is 482 g/mol. The van der Waals surface area contributed by atoms with E-state index in [2.05, 4.69) is 10.5 Å². The van der Waals surface area contributed by atoms with Crippen LogP contribution in [0.5, 0.6) is 5.75 Å². The number of benzene rings is 2. The Kier molecular flexibility index (Phi) is 7.09. The van der Waals surface area contributed by atoms with E-state index in [0.29, 0.717) is 11.3 Å². The maximum Gasteiger partial charge on any atom is 0.351 e. The van der Waals surface area contributed by atoms with Gasteiger partial charge < -0.3 is 30.5 Å². The molecule has 35 heavy (non-hydrogen) atoms. The molecule has 2 aromatic rings. The number of nitrogens with zero attached hydrogens (tertiary/aromatic N) is 1. The van der Waals surface area contributed by atoms with Gasteiger partial charge in [0.1, 0.15) is 11.4 Å². The zero-order valence-corrected chi connectivity index (χ0v) is 19.5. The summed E-state index contributed by atoms with van der Waals surface area (Å²) in [6.45, 7) is 5.04. The van der Waals surface area contributed by atoms with Crippen LogP contribution in [0.25, 0.3) is 0 Å². The summed E-state index contributed by atoms with van der Waals surface area (Å²) in [7, 11) is 0. The van der Waals surface area contributed by atoms with Crippen LogP contribution >= 0.6 is 0 Å². The Morgan fingerprint density at radius 1 is 1.20 bits per heavy atom. The van der Waals surface area contributed by atoms with Crippen LogP contribution in [0.2, 0.25) is 0 Å². The lowest BCUT2D eigenvalue weighted by Crippen LogP contribution is -2.42. The zero-order chi connectivity index (χ0) is 25.8. The Balaban J connectivity index is 1.70. The molecular weight excluding hydrogens is 456 g/mol. The van der Waals surface area contributed by atoms with Crippen LogP contribution in [-0.4, -0.2) is 45.9 Å². The van der Waals surface area contributed by atoms with Crippen LogP contribution in [0.1, 0.15) is 49.5 Å². The van der Waals surface area contributed by atoms with Crippen molar-refractivity contribution in [3.8, 4) is 5.75 Å². The van der Waals surface area contributed by atoms with Gasteiger partial charge in [0, 0.05) is 17.7 Å². The van der Waals surface area contributed by atoms with Gasteiger partial charge in [0.15, 0.2) is 5.96 Å². The standard InChI is InChI=1S/C24H26N4O7/c1-23(2,3)34-19(29)13-24(21(31)32)12-18(28-35-24)15-5-4-6-17(11-15)33-20(30)14-7-9-16(10-8-14)27-22(25)26/h4-11H,12-13H2,1-3H3,(H,31,32)(H4,25,26,27)/t24-/m0/s1. The molecule has 3 rings (SSSR count). The molecule has 1 aliphatic rings. The Labute approximate surface area is 201 Å². The number of carbonyl (C=O) groups is 3. The number of anilines is 1. The first-order chi connectivity index (χ1) is 16.4. The number of nitrogens with one attached hydrogen (secondary N) is 2. The molecule has 1 heterocycles. The van der Waals surface area contributed by atoms with Crippen LogP contribution in [-0.2, 0) is 19.2 Å². The van der Waals surface area contributed by atoms with Crippen molar-refractivity contribution < 1.29 is 33.8 Å². The molecule has 0 aromatic heterocycles. The van der Waals surface area contributed by atoms with Crippen LogP contribution in [0.15, 0.2) is 53.7 Å². The summed E-state index contributed by atoms with van der Waals surface area (Å²) in [6, 6.07) is 12.6. The van der Waals surface area contributed by atoms with Crippen molar-refractivity contribution in [2.45, 2.75) is 44.8 Å². The SMILES string of the molecule is CC(C)(C)OC(=O)C[C@]1(C(=O)O)CC(c2cccc(OC(=O)c3ccc(NC(=N)N)cc3)c2)=NO1. The minimum absolute atomic E-state index is 0.177. The average Bonchev–Trinajstić information content (AvgIpc) is 3.18. The van der Waals surface area contributed by atoms with E-state index in [0.717, 1.165) is 0 Å². The van der Waals surface area contributed by atoms with Crippen molar-refractivity contribution in [3.63, 3.8) is 0 Å². The zero-order valence-electron chi connectivity index (χ0n) is 19.5. The number of rotatable bonds is 7. The first-order valence-electron chi connectivity index (χ1n) is 10.6. The number of esters is 2. The first-order valence-corrected chi connectivity index (χ1v) is 10.6. The number of oxime groups is 1. The van der Waals surface area contributed by atoms with Gasteiger partial charge in [-0.05, 0) is 57.2 Å². The van der Waals surface area contributed by atoms with Crippen molar-refractivity contribution in [3.05, 3.63) is 59.7 Å². The van der Waals surface area contributed by atoms with Gasteiger partial charge in [0.2, 0.25) is 5.60 Å². The van der Waals surface area contributed by atoms with E-state index in [1.54, 1.807) is 51.1 Å². The second-order valence-electron chi connectivity index (χ2n) is 8.90. The fourth-order valence-corrected chi connectivity index (χ4v) is 3.28. The number of aliphatic carboxylic acids is 1. The van der Waals surface area contributed by atoms with Gasteiger partial charge >= 0.3 is 17.9 Å². The van der Waals surface area contributed by atoms with E-state index in [9.17, 15) is 19.5 Å². The quantitative estimate of drug-likeness (QED) is 0.200. The van der Waals surface area contributed by atoms with Crippen molar-refractivity contribution in [2.24, 2.45) is 10.9 Å². The van der Waals surface area contributed by atoms with E-state index >= 15 is 0 Å². The van der Waals surface area contributed by atoms with Crippen molar-refractivity contribution in [1.29, 1.82) is 5.41 Å². The third kappa shape index (κ3) is 6.56. The maximum absolute atomic E-state index is 12.5. The normalized spacial score (nSPS) is 17.1. The van der Waals surface area contributed by atoms with E-state index in [-0.39, 0.29) is 29.4 Å². The molecule has 0 bridgehead atoms. The van der Waals surface area contributed by atoms with Crippen LogP contribution < -0.4 is 15.8 Å². The molecule has 0 saturated carbocycles. The fourth-order valence-electron chi connectivity index (χ4n) is 3.28. The van der Waals surface area contributed by atoms with Gasteiger partial charge in [-0.3, -0.25) is 10.2 Å². The fraction of sp³-hybridized carbons (Fsp3) is 0.292. The highest BCUT2D eigenvalue weighted by atomic mass is 16.7. The Morgan fingerprint density at radius 2 is 1.89 bits per heavy atom. The summed E-state index contributed by atoms with van der Waals surface area (Å²) in [5.41, 5.74) is 4.19. The predicted molar refractivity (Wildman–Crippen MR) is 126 cm³/mol. The Morgan fingerprint density at radius 3 is 2.49 bits per heavy atom. The summed E-state index contributed by atoms with van der Waals surface area (Å²) in [6.07, 6.45) is -0.695. The van der Waals surface area contributed by atoms with Gasteiger partial charge in [0.05, 0.1) is 17.7 Å². The molecule has 11 heteroatoms. The van der Waals surface area contributed by atoms with Crippen molar-refractivity contribution >= 4 is 35.3 Å². The Bertz CT molecular complexity index is 1190. The molecule has 2 aromatic carbocycles. The lowest BCUT2D eigenvalue weighted by Gasteiger charge is -2.24. The molecule has 0 saturated heterocycles.